The Morgan fingerprint density at radius 3 is 3.00 bits per heavy atom. The number of ketones is 1. The van der Waals surface area contributed by atoms with Gasteiger partial charge in [-0.05, 0) is 28.3 Å². The zero-order chi connectivity index (χ0) is 7.56. The molecule has 1 aliphatic heterocycles. The molecular weight excluding hydrogens is 263 g/mol. The lowest BCUT2D eigenvalue weighted by Crippen LogP contribution is -2.09. The predicted molar refractivity (Wildman–Crippen MR) is 53.5 cm³/mol. The Kier molecular flexibility index (Phi) is 2.84. The number of hydrogen-bond acceptors (Lipinski definition) is 4. The summed E-state index contributed by atoms with van der Waals surface area (Å²) in [5.74, 6) is 0.153. The molecule has 1 heterocycles. The molecule has 0 amide bonds. The van der Waals surface area contributed by atoms with Crippen molar-refractivity contribution in [3.63, 3.8) is 0 Å². The maximum absolute atomic E-state index is 11.0. The third kappa shape index (κ3) is 1.79. The fourth-order valence-electron chi connectivity index (χ4n) is 0.459. The molecule has 0 aromatic heterocycles. The van der Waals surface area contributed by atoms with Gasteiger partial charge in [0.2, 0.25) is 0 Å². The Balaban J connectivity index is 2.67. The van der Waals surface area contributed by atoms with Gasteiger partial charge in [-0.3, -0.25) is 4.79 Å². The molecule has 0 aliphatic carbocycles. The van der Waals surface area contributed by atoms with Gasteiger partial charge in [0.15, 0.2) is 11.0 Å². The molecule has 0 atom stereocenters. The molecule has 3 nitrogen and oxygen atoms in total. The van der Waals surface area contributed by atoms with Crippen LogP contribution in [0.25, 0.3) is 0 Å². The van der Waals surface area contributed by atoms with Crippen LogP contribution in [0, 0.1) is 0 Å². The molecule has 1 aliphatic rings. The number of rotatable bonds is 2. The summed E-state index contributed by atoms with van der Waals surface area (Å²) in [6.45, 7) is 1.84. The van der Waals surface area contributed by atoms with Crippen molar-refractivity contribution < 1.29 is 4.79 Å². The molecule has 0 aromatic carbocycles. The van der Waals surface area contributed by atoms with E-state index in [1.54, 1.807) is 0 Å². The van der Waals surface area contributed by atoms with Gasteiger partial charge in [-0.1, -0.05) is 6.92 Å². The van der Waals surface area contributed by atoms with Crippen LogP contribution in [0.15, 0.2) is 4.99 Å². The molecule has 0 saturated carbocycles. The standard InChI is InChI=1S/C5H7IN2OS/c1-2-3(9)4-6-10-5(7)8-4/h2H2,1H3,(H2,7,8). The lowest BCUT2D eigenvalue weighted by Gasteiger charge is -1.88. The molecule has 5 heteroatoms. The first-order chi connectivity index (χ1) is 4.74. The van der Waals surface area contributed by atoms with Gasteiger partial charge in [0.1, 0.15) is 3.63 Å². The van der Waals surface area contributed by atoms with Crippen LogP contribution in [0.4, 0.5) is 0 Å². The topological polar surface area (TPSA) is 55.5 Å². The molecule has 0 aromatic rings. The van der Waals surface area contributed by atoms with Crippen LogP contribution < -0.4 is 5.73 Å². The molecule has 2 N–H and O–H groups in total. The van der Waals surface area contributed by atoms with Crippen LogP contribution in [0.3, 0.4) is 0 Å². The van der Waals surface area contributed by atoms with Crippen LogP contribution in [0.2, 0.25) is 0 Å². The Morgan fingerprint density at radius 2 is 2.60 bits per heavy atom. The van der Waals surface area contributed by atoms with Crippen molar-refractivity contribution in [1.29, 1.82) is 0 Å². The maximum atomic E-state index is 11.0. The zero-order valence-electron chi connectivity index (χ0n) is 5.43. The van der Waals surface area contributed by atoms with E-state index in [2.05, 4.69) is 4.99 Å². The zero-order valence-corrected chi connectivity index (χ0v) is 8.40. The highest BCUT2D eigenvalue weighted by Gasteiger charge is 2.12. The molecule has 0 bridgehead atoms. The van der Waals surface area contributed by atoms with Crippen molar-refractivity contribution in [2.75, 3.05) is 0 Å². The summed E-state index contributed by atoms with van der Waals surface area (Å²) >= 11 is -0.255. The predicted octanol–water partition coefficient (Wildman–Crippen LogP) is 1.04. The fourth-order valence-corrected chi connectivity index (χ4v) is 4.29. The van der Waals surface area contributed by atoms with E-state index in [1.807, 2.05) is 6.92 Å². The molecule has 0 spiro atoms. The summed E-state index contributed by atoms with van der Waals surface area (Å²) in [4.78, 5) is 14.9. The summed E-state index contributed by atoms with van der Waals surface area (Å²) < 4.78 is 0.726. The monoisotopic (exact) mass is 270 g/mol. The number of nitrogens with zero attached hydrogens (tertiary/aromatic N) is 1. The molecule has 0 radical (unpaired) electrons. The van der Waals surface area contributed by atoms with Gasteiger partial charge in [-0.25, -0.2) is 4.99 Å². The van der Waals surface area contributed by atoms with Crippen LogP contribution in [0.1, 0.15) is 13.3 Å². The smallest absolute Gasteiger partial charge is 0.187 e. The fraction of sp³-hybridized carbons (Fsp3) is 0.400. The minimum absolute atomic E-state index is 0.153. The Labute approximate surface area is 71.7 Å². The SMILES string of the molecule is CCC(=O)C1=ISC(N)=N1. The Bertz CT molecular complexity index is 224. The molecule has 0 unspecified atom stereocenters. The summed E-state index contributed by atoms with van der Waals surface area (Å²) in [6, 6.07) is 0. The summed E-state index contributed by atoms with van der Waals surface area (Å²) in [6.07, 6.45) is 0.548. The average molecular weight is 270 g/mol. The van der Waals surface area contributed by atoms with Gasteiger partial charge in [-0.2, -0.15) is 0 Å². The van der Waals surface area contributed by atoms with Gasteiger partial charge in [0.25, 0.3) is 0 Å². The Morgan fingerprint density at radius 1 is 1.90 bits per heavy atom. The van der Waals surface area contributed by atoms with Gasteiger partial charge in [-0.15, -0.1) is 0 Å². The van der Waals surface area contributed by atoms with Crippen molar-refractivity contribution in [2.45, 2.75) is 13.3 Å². The van der Waals surface area contributed by atoms with Gasteiger partial charge < -0.3 is 5.73 Å². The average Bonchev–Trinajstić information content (AvgIpc) is 2.34. The lowest BCUT2D eigenvalue weighted by molar-refractivity contribution is -0.112. The van der Waals surface area contributed by atoms with Crippen LogP contribution in [0.5, 0.6) is 0 Å². The van der Waals surface area contributed by atoms with Crippen molar-refractivity contribution in [1.82, 2.24) is 0 Å². The first-order valence-corrected chi connectivity index (χ1v) is 7.24. The molecular formula is C5H7IN2OS. The number of carbonyl (C=O) groups excluding carboxylic acids is 1. The van der Waals surface area contributed by atoms with E-state index in [0.717, 1.165) is 3.63 Å². The summed E-state index contributed by atoms with van der Waals surface area (Å²) in [7, 11) is 1.53. The van der Waals surface area contributed by atoms with Crippen LogP contribution >= 0.6 is 28.3 Å². The van der Waals surface area contributed by atoms with Gasteiger partial charge in [0, 0.05) is 6.42 Å². The molecule has 1 rings (SSSR count). The summed E-state index contributed by atoms with van der Waals surface area (Å²) in [5, 5.41) is 0.560. The van der Waals surface area contributed by atoms with Crippen LogP contribution in [-0.4, -0.2) is 14.6 Å². The van der Waals surface area contributed by atoms with Crippen molar-refractivity contribution in [3.8, 4) is 0 Å². The van der Waals surface area contributed by atoms with E-state index in [9.17, 15) is 4.79 Å². The van der Waals surface area contributed by atoms with Crippen molar-refractivity contribution in [2.24, 2.45) is 10.7 Å². The van der Waals surface area contributed by atoms with Gasteiger partial charge >= 0.3 is 0 Å². The van der Waals surface area contributed by atoms with E-state index >= 15 is 0 Å². The first-order valence-electron chi connectivity index (χ1n) is 2.80. The first kappa shape index (κ1) is 8.19. The van der Waals surface area contributed by atoms with E-state index in [-0.39, 0.29) is 25.1 Å². The second-order valence-electron chi connectivity index (χ2n) is 1.67. The highest BCUT2D eigenvalue weighted by atomic mass is 127. The minimum atomic E-state index is -0.255. The summed E-state index contributed by atoms with van der Waals surface area (Å²) in [5.41, 5.74) is 5.39. The van der Waals surface area contributed by atoms with Crippen molar-refractivity contribution in [3.05, 3.63) is 0 Å². The number of carbonyl (C=O) groups is 1. The quantitative estimate of drug-likeness (QED) is 0.763. The minimum Gasteiger partial charge on any atom is -0.378 e. The maximum Gasteiger partial charge on any atom is 0.187 e. The number of amidine groups is 1. The number of aliphatic imine (C=N–C) groups is 1. The third-order valence-electron chi connectivity index (χ3n) is 0.950. The lowest BCUT2D eigenvalue weighted by atomic mass is 10.3. The number of halogens is 1. The van der Waals surface area contributed by atoms with Crippen molar-refractivity contribution >= 4 is 42.9 Å². The molecule has 56 valence electrons. The second-order valence-corrected chi connectivity index (χ2v) is 6.06. The van der Waals surface area contributed by atoms with E-state index < -0.39 is 0 Å². The Hall–Kier alpha value is 0.0900. The van der Waals surface area contributed by atoms with E-state index in [0.29, 0.717) is 11.6 Å². The second kappa shape index (κ2) is 3.47. The number of Topliss-reactive ketones (excluding diaryl/α,β-unsaturated/α-hetero) is 1. The molecule has 0 fully saturated rings. The number of hydrogen-bond donors (Lipinski definition) is 1. The number of nitrogens with two attached hydrogens (primary N) is 1. The molecule has 10 heavy (non-hydrogen) atoms. The molecule has 0 saturated heterocycles. The highest BCUT2D eigenvalue weighted by molar-refractivity contribution is 14.2. The van der Waals surface area contributed by atoms with E-state index in [4.69, 9.17) is 5.73 Å². The highest BCUT2D eigenvalue weighted by Crippen LogP contribution is 2.28. The van der Waals surface area contributed by atoms with Crippen LogP contribution in [-0.2, 0) is 4.79 Å². The largest absolute Gasteiger partial charge is 0.378 e. The van der Waals surface area contributed by atoms with E-state index in [1.165, 1.54) is 8.93 Å². The van der Waals surface area contributed by atoms with Gasteiger partial charge in [0.05, 0.1) is 0 Å². The normalized spacial score (nSPS) is 17.3. The third-order valence-corrected chi connectivity index (χ3v) is 5.53.